The highest BCUT2D eigenvalue weighted by Crippen LogP contribution is 2.28. The van der Waals surface area contributed by atoms with E-state index in [-0.39, 0.29) is 6.61 Å². The molecule has 0 fully saturated rings. The van der Waals surface area contributed by atoms with Crippen molar-refractivity contribution in [2.75, 3.05) is 0 Å². The van der Waals surface area contributed by atoms with Crippen molar-refractivity contribution in [2.24, 2.45) is 11.8 Å². The van der Waals surface area contributed by atoms with Gasteiger partial charge in [-0.25, -0.2) is 0 Å². The van der Waals surface area contributed by atoms with Crippen molar-refractivity contribution in [3.63, 3.8) is 0 Å². The number of benzene rings is 1. The first kappa shape index (κ1) is 15.9. The number of carbonyl (C=O) groups excluding carboxylic acids is 1. The summed E-state index contributed by atoms with van der Waals surface area (Å²) in [6.07, 6.45) is 4.31. The molecule has 0 unspecified atom stereocenters. The molecule has 0 saturated carbocycles. The third-order valence-electron chi connectivity index (χ3n) is 3.44. The molecule has 0 aromatic heterocycles. The second-order valence-electron chi connectivity index (χ2n) is 4.84. The van der Waals surface area contributed by atoms with E-state index in [2.05, 4.69) is 0 Å². The fourth-order valence-corrected chi connectivity index (χ4v) is 2.71. The fourth-order valence-electron chi connectivity index (χ4n) is 2.24. The number of allylic oxidation sites excluding steroid dienone is 2. The minimum Gasteiger partial charge on any atom is -0.481 e. The molecule has 1 aliphatic rings. The largest absolute Gasteiger partial charge is 0.481 e. The molecule has 2 atom stereocenters. The maximum absolute atomic E-state index is 12.1. The minimum absolute atomic E-state index is 0.00138. The van der Waals surface area contributed by atoms with Gasteiger partial charge in [-0.05, 0) is 25.0 Å². The fraction of sp³-hybridized carbons (Fsp3) is 0.333. The minimum atomic E-state index is -0.981. The lowest BCUT2D eigenvalue weighted by Crippen LogP contribution is -2.32. The Morgan fingerprint density at radius 1 is 1.19 bits per heavy atom. The van der Waals surface area contributed by atoms with E-state index in [1.54, 1.807) is 30.4 Å². The van der Waals surface area contributed by atoms with Crippen molar-refractivity contribution in [3.05, 3.63) is 46.0 Å². The average molecular weight is 329 g/mol. The van der Waals surface area contributed by atoms with Crippen LogP contribution in [0.25, 0.3) is 0 Å². The van der Waals surface area contributed by atoms with Crippen LogP contribution in [0.2, 0.25) is 10.0 Å². The second kappa shape index (κ2) is 6.96. The number of esters is 1. The van der Waals surface area contributed by atoms with E-state index >= 15 is 0 Å². The maximum Gasteiger partial charge on any atom is 0.310 e. The molecule has 0 spiro atoms. The van der Waals surface area contributed by atoms with Crippen LogP contribution in [0.1, 0.15) is 18.4 Å². The van der Waals surface area contributed by atoms with Crippen LogP contribution in [0.3, 0.4) is 0 Å². The van der Waals surface area contributed by atoms with E-state index in [4.69, 9.17) is 33.0 Å². The van der Waals surface area contributed by atoms with Gasteiger partial charge in [-0.2, -0.15) is 0 Å². The number of aliphatic carboxylic acids is 1. The summed E-state index contributed by atoms with van der Waals surface area (Å²) in [4.78, 5) is 23.2. The Kier molecular flexibility index (Phi) is 5.26. The Hall–Kier alpha value is -1.52. The van der Waals surface area contributed by atoms with E-state index in [1.807, 2.05) is 0 Å². The summed E-state index contributed by atoms with van der Waals surface area (Å²) >= 11 is 11.8. The smallest absolute Gasteiger partial charge is 0.310 e. The highest BCUT2D eigenvalue weighted by Gasteiger charge is 2.35. The Bertz CT molecular complexity index is 583. The first-order chi connectivity index (χ1) is 9.99. The summed E-state index contributed by atoms with van der Waals surface area (Å²) in [6, 6.07) is 4.89. The predicted octanol–water partition coefficient (Wildman–Crippen LogP) is 3.70. The third-order valence-corrected chi connectivity index (χ3v) is 4.02. The van der Waals surface area contributed by atoms with E-state index in [0.29, 0.717) is 28.5 Å². The molecule has 0 amide bonds. The Morgan fingerprint density at radius 2 is 1.86 bits per heavy atom. The molecule has 1 N–H and O–H groups in total. The Labute approximate surface area is 132 Å². The molecule has 2 rings (SSSR count). The van der Waals surface area contributed by atoms with Crippen LogP contribution >= 0.6 is 23.2 Å². The first-order valence-electron chi connectivity index (χ1n) is 6.47. The zero-order chi connectivity index (χ0) is 15.4. The molecule has 1 aliphatic carbocycles. The van der Waals surface area contributed by atoms with Crippen molar-refractivity contribution in [1.82, 2.24) is 0 Å². The summed E-state index contributed by atoms with van der Waals surface area (Å²) in [5.74, 6) is -2.88. The quantitative estimate of drug-likeness (QED) is 0.676. The number of hydrogen-bond acceptors (Lipinski definition) is 3. The molecule has 0 radical (unpaired) electrons. The van der Waals surface area contributed by atoms with Crippen LogP contribution in [0.4, 0.5) is 0 Å². The summed E-state index contributed by atoms with van der Waals surface area (Å²) < 4.78 is 5.20. The van der Waals surface area contributed by atoms with Gasteiger partial charge < -0.3 is 9.84 Å². The maximum atomic E-state index is 12.1. The molecule has 0 heterocycles. The summed E-state index contributed by atoms with van der Waals surface area (Å²) in [5, 5.41) is 10.0. The molecular formula is C15H14Cl2O4. The number of hydrogen-bond donors (Lipinski definition) is 1. The Morgan fingerprint density at radius 3 is 2.48 bits per heavy atom. The van der Waals surface area contributed by atoms with Crippen molar-refractivity contribution < 1.29 is 19.4 Å². The number of ether oxygens (including phenoxy) is 1. The van der Waals surface area contributed by atoms with E-state index < -0.39 is 23.8 Å². The molecule has 6 heteroatoms. The van der Waals surface area contributed by atoms with E-state index in [0.717, 1.165) is 0 Å². The van der Waals surface area contributed by atoms with Gasteiger partial charge in [-0.3, -0.25) is 9.59 Å². The van der Waals surface area contributed by atoms with Gasteiger partial charge in [0.1, 0.15) is 6.61 Å². The van der Waals surface area contributed by atoms with Gasteiger partial charge in [0.25, 0.3) is 0 Å². The highest BCUT2D eigenvalue weighted by atomic mass is 35.5. The summed E-state index contributed by atoms with van der Waals surface area (Å²) in [6.45, 7) is 0.00138. The second-order valence-corrected chi connectivity index (χ2v) is 5.68. The van der Waals surface area contributed by atoms with E-state index in [1.165, 1.54) is 0 Å². The molecule has 0 saturated heterocycles. The molecule has 4 nitrogen and oxygen atoms in total. The van der Waals surface area contributed by atoms with Gasteiger partial charge in [0.15, 0.2) is 0 Å². The SMILES string of the molecule is O=C(OCc1ccc(Cl)cc1Cl)[C@H]1CC=CC[C@H]1C(=O)O. The van der Waals surface area contributed by atoms with Crippen molar-refractivity contribution >= 4 is 35.1 Å². The molecule has 112 valence electrons. The van der Waals surface area contributed by atoms with Crippen LogP contribution in [0.15, 0.2) is 30.4 Å². The molecule has 1 aromatic rings. The van der Waals surface area contributed by atoms with Crippen LogP contribution in [0.5, 0.6) is 0 Å². The van der Waals surface area contributed by atoms with Gasteiger partial charge >= 0.3 is 11.9 Å². The molecular weight excluding hydrogens is 315 g/mol. The molecule has 21 heavy (non-hydrogen) atoms. The van der Waals surface area contributed by atoms with Crippen LogP contribution in [-0.2, 0) is 20.9 Å². The third kappa shape index (κ3) is 3.99. The number of carboxylic acid groups (broad SMARTS) is 1. The first-order valence-corrected chi connectivity index (χ1v) is 7.23. The number of carbonyl (C=O) groups is 2. The van der Waals surface area contributed by atoms with Gasteiger partial charge in [0.2, 0.25) is 0 Å². The topological polar surface area (TPSA) is 63.6 Å². The van der Waals surface area contributed by atoms with Gasteiger partial charge in [-0.1, -0.05) is 41.4 Å². The Balaban J connectivity index is 2.00. The monoisotopic (exact) mass is 328 g/mol. The van der Waals surface area contributed by atoms with E-state index in [9.17, 15) is 9.59 Å². The zero-order valence-corrected chi connectivity index (χ0v) is 12.6. The molecule has 0 aliphatic heterocycles. The lowest BCUT2D eigenvalue weighted by molar-refractivity contribution is -0.158. The van der Waals surface area contributed by atoms with Crippen molar-refractivity contribution in [1.29, 1.82) is 0 Å². The van der Waals surface area contributed by atoms with Crippen LogP contribution in [0, 0.1) is 11.8 Å². The number of halogens is 2. The van der Waals surface area contributed by atoms with Crippen molar-refractivity contribution in [3.8, 4) is 0 Å². The zero-order valence-electron chi connectivity index (χ0n) is 11.1. The van der Waals surface area contributed by atoms with Gasteiger partial charge in [0.05, 0.1) is 11.8 Å². The number of rotatable bonds is 4. The number of carboxylic acids is 1. The predicted molar refractivity (Wildman–Crippen MR) is 79.2 cm³/mol. The highest BCUT2D eigenvalue weighted by molar-refractivity contribution is 6.35. The lowest BCUT2D eigenvalue weighted by atomic mass is 9.83. The van der Waals surface area contributed by atoms with Crippen LogP contribution < -0.4 is 0 Å². The average Bonchev–Trinajstić information content (AvgIpc) is 2.46. The molecule has 1 aromatic carbocycles. The molecule has 0 bridgehead atoms. The summed E-state index contributed by atoms with van der Waals surface area (Å²) in [5.41, 5.74) is 0.632. The lowest BCUT2D eigenvalue weighted by Gasteiger charge is -2.23. The summed E-state index contributed by atoms with van der Waals surface area (Å²) in [7, 11) is 0. The van der Waals surface area contributed by atoms with Gasteiger partial charge in [-0.15, -0.1) is 0 Å². The van der Waals surface area contributed by atoms with Crippen LogP contribution in [-0.4, -0.2) is 17.0 Å². The van der Waals surface area contributed by atoms with Gasteiger partial charge in [0, 0.05) is 15.6 Å². The normalized spacial score (nSPS) is 21.0. The standard InChI is InChI=1S/C15H14Cl2O4/c16-10-6-5-9(13(17)7-10)8-21-15(20)12-4-2-1-3-11(12)14(18)19/h1-2,5-7,11-12H,3-4,8H2,(H,18,19)/t11-,12+/m1/s1. The van der Waals surface area contributed by atoms with Crippen molar-refractivity contribution in [2.45, 2.75) is 19.4 Å².